The highest BCUT2D eigenvalue weighted by Gasteiger charge is 2.40. The SMILES string of the molecule is CC(C)C[C@@H](NC(=O)[C@@H](Cc1ccccc1)NC(=O)N1c2ccccc2NC(=O)[C@@H]1C(C)C)C(=O)O. The van der Waals surface area contributed by atoms with Gasteiger partial charge in [-0.3, -0.25) is 14.5 Å². The molecule has 0 spiro atoms. The highest BCUT2D eigenvalue weighted by molar-refractivity contribution is 6.12. The van der Waals surface area contributed by atoms with Crippen molar-refractivity contribution in [2.45, 2.75) is 58.7 Å². The van der Waals surface area contributed by atoms with Gasteiger partial charge in [-0.2, -0.15) is 0 Å². The van der Waals surface area contributed by atoms with Crippen LogP contribution < -0.4 is 20.9 Å². The molecule has 1 aliphatic rings. The number of carbonyl (C=O) groups is 4. The molecule has 0 unspecified atom stereocenters. The molecule has 4 N–H and O–H groups in total. The molecule has 0 aliphatic carbocycles. The largest absolute Gasteiger partial charge is 0.480 e. The summed E-state index contributed by atoms with van der Waals surface area (Å²) in [4.78, 5) is 53.0. The van der Waals surface area contributed by atoms with E-state index in [-0.39, 0.29) is 30.6 Å². The number of hydrogen-bond donors (Lipinski definition) is 4. The summed E-state index contributed by atoms with van der Waals surface area (Å²) in [5.41, 5.74) is 1.82. The number of carboxylic acid groups (broad SMARTS) is 1. The van der Waals surface area contributed by atoms with Crippen molar-refractivity contribution in [1.29, 1.82) is 0 Å². The van der Waals surface area contributed by atoms with Gasteiger partial charge >= 0.3 is 12.0 Å². The molecule has 1 aliphatic heterocycles. The van der Waals surface area contributed by atoms with E-state index in [1.54, 1.807) is 24.3 Å². The van der Waals surface area contributed by atoms with Gasteiger partial charge in [-0.15, -0.1) is 0 Å². The lowest BCUT2D eigenvalue weighted by Gasteiger charge is -2.39. The maximum atomic E-state index is 13.7. The standard InChI is InChI=1S/C27H34N4O5/c1-16(2)14-21(26(34)35)29-24(32)20(15-18-10-6-5-7-11-18)30-27(36)31-22-13-9-8-12-19(22)28-25(33)23(31)17(3)4/h5-13,16-17,20-21,23H,14-15H2,1-4H3,(H,28,33)(H,29,32)(H,30,36)(H,34,35)/t20-,21-,23+/m1/s1. The van der Waals surface area contributed by atoms with Gasteiger partial charge in [0.25, 0.3) is 0 Å². The Kier molecular flexibility index (Phi) is 8.68. The zero-order chi connectivity index (χ0) is 26.4. The topological polar surface area (TPSA) is 128 Å². The van der Waals surface area contributed by atoms with Gasteiger partial charge in [0.2, 0.25) is 11.8 Å². The molecule has 0 aromatic heterocycles. The van der Waals surface area contributed by atoms with Gasteiger partial charge < -0.3 is 21.1 Å². The molecular formula is C27H34N4O5. The molecule has 0 fully saturated rings. The van der Waals surface area contributed by atoms with E-state index < -0.39 is 36.0 Å². The number of rotatable bonds is 9. The van der Waals surface area contributed by atoms with E-state index in [0.717, 1.165) is 5.56 Å². The van der Waals surface area contributed by atoms with E-state index in [1.165, 1.54) is 4.90 Å². The molecule has 36 heavy (non-hydrogen) atoms. The van der Waals surface area contributed by atoms with Crippen molar-refractivity contribution in [3.05, 3.63) is 60.2 Å². The minimum Gasteiger partial charge on any atom is -0.480 e. The summed E-state index contributed by atoms with van der Waals surface area (Å²) in [5, 5.41) is 17.8. The van der Waals surface area contributed by atoms with Gasteiger partial charge in [-0.1, -0.05) is 70.2 Å². The number of urea groups is 1. The van der Waals surface area contributed by atoms with Crippen LogP contribution in [0.15, 0.2) is 54.6 Å². The molecule has 2 aromatic carbocycles. The van der Waals surface area contributed by atoms with E-state index in [4.69, 9.17) is 0 Å². The average Bonchev–Trinajstić information content (AvgIpc) is 2.82. The molecule has 4 amide bonds. The Morgan fingerprint density at radius 2 is 1.58 bits per heavy atom. The van der Waals surface area contributed by atoms with Crippen LogP contribution in [-0.4, -0.2) is 47.0 Å². The third-order valence-corrected chi connectivity index (χ3v) is 6.04. The molecule has 0 saturated heterocycles. The van der Waals surface area contributed by atoms with Crippen LogP contribution in [0.5, 0.6) is 0 Å². The smallest absolute Gasteiger partial charge is 0.326 e. The number of carbonyl (C=O) groups excluding carboxylic acids is 3. The monoisotopic (exact) mass is 494 g/mol. The predicted octanol–water partition coefficient (Wildman–Crippen LogP) is 3.41. The number of fused-ring (bicyclic) bond motifs is 1. The van der Waals surface area contributed by atoms with E-state index in [0.29, 0.717) is 11.4 Å². The molecular weight excluding hydrogens is 460 g/mol. The fourth-order valence-electron chi connectivity index (χ4n) is 4.34. The summed E-state index contributed by atoms with van der Waals surface area (Å²) >= 11 is 0. The first-order valence-electron chi connectivity index (χ1n) is 12.1. The van der Waals surface area contributed by atoms with Crippen LogP contribution in [0.25, 0.3) is 0 Å². The minimum absolute atomic E-state index is 0.0451. The van der Waals surface area contributed by atoms with Crippen LogP contribution in [0.3, 0.4) is 0 Å². The minimum atomic E-state index is -1.14. The number of nitrogens with one attached hydrogen (secondary N) is 3. The van der Waals surface area contributed by atoms with Crippen LogP contribution in [0, 0.1) is 11.8 Å². The van der Waals surface area contributed by atoms with Gasteiger partial charge in [0.05, 0.1) is 11.4 Å². The lowest BCUT2D eigenvalue weighted by Crippen LogP contribution is -2.60. The third-order valence-electron chi connectivity index (χ3n) is 6.04. The Hall–Kier alpha value is -3.88. The quantitative estimate of drug-likeness (QED) is 0.425. The van der Waals surface area contributed by atoms with Crippen molar-refractivity contribution in [3.63, 3.8) is 0 Å². The summed E-state index contributed by atoms with van der Waals surface area (Å²) < 4.78 is 0. The number of para-hydroxylation sites is 2. The number of carboxylic acids is 1. The maximum absolute atomic E-state index is 13.7. The van der Waals surface area contributed by atoms with E-state index in [9.17, 15) is 24.3 Å². The summed E-state index contributed by atoms with van der Waals surface area (Å²) in [7, 11) is 0. The molecule has 2 aromatic rings. The molecule has 3 rings (SSSR count). The van der Waals surface area contributed by atoms with Crippen molar-refractivity contribution >= 4 is 35.2 Å². The zero-order valence-corrected chi connectivity index (χ0v) is 21.0. The molecule has 0 radical (unpaired) electrons. The number of nitrogens with zero attached hydrogens (tertiary/aromatic N) is 1. The first-order chi connectivity index (χ1) is 17.1. The van der Waals surface area contributed by atoms with Crippen LogP contribution >= 0.6 is 0 Å². The average molecular weight is 495 g/mol. The second-order valence-corrected chi connectivity index (χ2v) is 9.79. The zero-order valence-electron chi connectivity index (χ0n) is 21.0. The maximum Gasteiger partial charge on any atom is 0.326 e. The molecule has 1 heterocycles. The van der Waals surface area contributed by atoms with Crippen LogP contribution in [0.2, 0.25) is 0 Å². The van der Waals surface area contributed by atoms with Gasteiger partial charge in [0.15, 0.2) is 0 Å². The van der Waals surface area contributed by atoms with Gasteiger partial charge in [0.1, 0.15) is 18.1 Å². The van der Waals surface area contributed by atoms with E-state index in [1.807, 2.05) is 58.0 Å². The second-order valence-electron chi connectivity index (χ2n) is 9.79. The molecule has 0 saturated carbocycles. The predicted molar refractivity (Wildman–Crippen MR) is 138 cm³/mol. The molecule has 192 valence electrons. The van der Waals surface area contributed by atoms with Crippen LogP contribution in [0.4, 0.5) is 16.2 Å². The summed E-state index contributed by atoms with van der Waals surface area (Å²) in [5.74, 6) is -2.21. The van der Waals surface area contributed by atoms with Gasteiger partial charge in [-0.25, -0.2) is 9.59 Å². The molecule has 3 atom stereocenters. The second kappa shape index (κ2) is 11.7. The first kappa shape index (κ1) is 26.7. The van der Waals surface area contributed by atoms with Crippen molar-refractivity contribution in [1.82, 2.24) is 10.6 Å². The van der Waals surface area contributed by atoms with Gasteiger partial charge in [0, 0.05) is 6.42 Å². The van der Waals surface area contributed by atoms with Gasteiger partial charge in [-0.05, 0) is 36.0 Å². The van der Waals surface area contributed by atoms with E-state index >= 15 is 0 Å². The van der Waals surface area contributed by atoms with Crippen molar-refractivity contribution in [2.75, 3.05) is 10.2 Å². The number of hydrogen-bond acceptors (Lipinski definition) is 4. The summed E-state index contributed by atoms with van der Waals surface area (Å²) in [6, 6.07) is 12.6. The fraction of sp³-hybridized carbons (Fsp3) is 0.407. The lowest BCUT2D eigenvalue weighted by atomic mass is 9.97. The van der Waals surface area contributed by atoms with Crippen molar-refractivity contribution in [2.24, 2.45) is 11.8 Å². The van der Waals surface area contributed by atoms with Crippen molar-refractivity contribution < 1.29 is 24.3 Å². The Morgan fingerprint density at radius 1 is 0.944 bits per heavy atom. The molecule has 0 bridgehead atoms. The number of benzene rings is 2. The molecule has 9 heteroatoms. The van der Waals surface area contributed by atoms with Crippen LogP contribution in [-0.2, 0) is 20.8 Å². The highest BCUT2D eigenvalue weighted by Crippen LogP contribution is 2.34. The Morgan fingerprint density at radius 3 is 2.19 bits per heavy atom. The summed E-state index contributed by atoms with van der Waals surface area (Å²) in [6.45, 7) is 7.43. The normalized spacial score (nSPS) is 16.7. The number of anilines is 2. The highest BCUT2D eigenvalue weighted by atomic mass is 16.4. The summed E-state index contributed by atoms with van der Waals surface area (Å²) in [6.07, 6.45) is 0.405. The first-order valence-corrected chi connectivity index (χ1v) is 12.1. The molecule has 9 nitrogen and oxygen atoms in total. The Bertz CT molecular complexity index is 1100. The lowest BCUT2D eigenvalue weighted by molar-refractivity contribution is -0.142. The third kappa shape index (κ3) is 6.41. The van der Waals surface area contributed by atoms with Crippen molar-refractivity contribution in [3.8, 4) is 0 Å². The number of aliphatic carboxylic acids is 1. The Labute approximate surface area is 211 Å². The van der Waals surface area contributed by atoms with Crippen LogP contribution in [0.1, 0.15) is 39.7 Å². The van der Waals surface area contributed by atoms with E-state index in [2.05, 4.69) is 16.0 Å². The number of amides is 4. The fourth-order valence-corrected chi connectivity index (χ4v) is 4.34. The Balaban J connectivity index is 1.92.